The van der Waals surface area contributed by atoms with Crippen LogP contribution in [0, 0.1) is 0 Å². The van der Waals surface area contributed by atoms with E-state index in [1.54, 1.807) is 36.4 Å². The van der Waals surface area contributed by atoms with Crippen molar-refractivity contribution in [2.24, 2.45) is 0 Å². The van der Waals surface area contributed by atoms with E-state index in [-0.39, 0.29) is 22.7 Å². The quantitative estimate of drug-likeness (QED) is 0.450. The summed E-state index contributed by atoms with van der Waals surface area (Å²) in [5, 5.41) is 3.41. The molecule has 0 atom stereocenters. The minimum atomic E-state index is -4.07. The van der Waals surface area contributed by atoms with Gasteiger partial charge in [-0.3, -0.25) is 4.79 Å². The number of amides is 1. The molecule has 0 unspecified atom stereocenters. The zero-order valence-electron chi connectivity index (χ0n) is 17.5. The highest BCUT2D eigenvalue weighted by Gasteiger charge is 2.27. The van der Waals surface area contributed by atoms with Gasteiger partial charge in [0.2, 0.25) is 15.9 Å². The van der Waals surface area contributed by atoms with E-state index in [4.69, 9.17) is 27.9 Å². The predicted molar refractivity (Wildman–Crippen MR) is 127 cm³/mol. The van der Waals surface area contributed by atoms with E-state index in [0.717, 1.165) is 4.31 Å². The summed E-state index contributed by atoms with van der Waals surface area (Å²) < 4.78 is 32.4. The molecule has 0 aliphatic rings. The Balaban J connectivity index is 1.90. The molecule has 1 amide bonds. The van der Waals surface area contributed by atoms with Gasteiger partial charge in [-0.15, -0.1) is 0 Å². The number of esters is 1. The van der Waals surface area contributed by atoms with Crippen molar-refractivity contribution in [2.45, 2.75) is 11.4 Å². The van der Waals surface area contributed by atoms with Gasteiger partial charge in [0.1, 0.15) is 0 Å². The van der Waals surface area contributed by atoms with E-state index in [2.05, 4.69) is 5.32 Å². The number of rotatable bonds is 8. The van der Waals surface area contributed by atoms with Gasteiger partial charge in [-0.05, 0) is 54.1 Å². The highest BCUT2D eigenvalue weighted by atomic mass is 35.5. The number of carbonyl (C=O) groups is 2. The number of carbonyl (C=O) groups excluding carboxylic acids is 2. The molecule has 0 aliphatic carbocycles. The fourth-order valence-electron chi connectivity index (χ4n) is 3.05. The standard InChI is InChI=1S/C23H20Cl2N2O5S/c1-32-23(29)20-7-2-3-8-21(20)26-22(28)15-27(14-16-5-4-6-18(25)13-16)33(30,31)19-11-9-17(24)10-12-19/h2-13H,14-15H2,1H3,(H,26,28). The molecule has 0 saturated carbocycles. The van der Waals surface area contributed by atoms with E-state index in [0.29, 0.717) is 15.6 Å². The molecule has 0 radical (unpaired) electrons. The second-order valence-corrected chi connectivity index (χ2v) is 9.75. The van der Waals surface area contributed by atoms with Crippen molar-refractivity contribution in [3.8, 4) is 0 Å². The van der Waals surface area contributed by atoms with E-state index < -0.39 is 28.4 Å². The number of para-hydroxylation sites is 1. The number of benzene rings is 3. The molecule has 7 nitrogen and oxygen atoms in total. The molecule has 1 N–H and O–H groups in total. The molecular formula is C23H20Cl2N2O5S. The summed E-state index contributed by atoms with van der Waals surface area (Å²) in [6.07, 6.45) is 0. The van der Waals surface area contributed by atoms with Crippen LogP contribution in [0.2, 0.25) is 10.0 Å². The molecule has 3 rings (SSSR count). The highest BCUT2D eigenvalue weighted by molar-refractivity contribution is 7.89. The lowest BCUT2D eigenvalue weighted by molar-refractivity contribution is -0.116. The minimum Gasteiger partial charge on any atom is -0.465 e. The summed E-state index contributed by atoms with van der Waals surface area (Å²) in [7, 11) is -2.84. The molecule has 10 heteroatoms. The van der Waals surface area contributed by atoms with Gasteiger partial charge in [-0.25, -0.2) is 13.2 Å². The molecule has 3 aromatic carbocycles. The maximum atomic E-state index is 13.3. The fourth-order valence-corrected chi connectivity index (χ4v) is 4.77. The highest BCUT2D eigenvalue weighted by Crippen LogP contribution is 2.22. The van der Waals surface area contributed by atoms with E-state index in [9.17, 15) is 18.0 Å². The van der Waals surface area contributed by atoms with Gasteiger partial charge in [0, 0.05) is 16.6 Å². The number of methoxy groups -OCH3 is 1. The number of anilines is 1. The molecule has 0 fully saturated rings. The van der Waals surface area contributed by atoms with E-state index in [1.165, 1.54) is 43.5 Å². The van der Waals surface area contributed by atoms with Crippen molar-refractivity contribution in [3.05, 3.63) is 94.0 Å². The Morgan fingerprint density at radius 3 is 2.30 bits per heavy atom. The Labute approximate surface area is 201 Å². The van der Waals surface area contributed by atoms with Crippen molar-refractivity contribution in [1.29, 1.82) is 0 Å². The average molecular weight is 507 g/mol. The number of hydrogen-bond acceptors (Lipinski definition) is 5. The summed E-state index contributed by atoms with van der Waals surface area (Å²) in [5.41, 5.74) is 0.957. The van der Waals surface area contributed by atoms with Crippen LogP contribution in [0.25, 0.3) is 0 Å². The first-order chi connectivity index (χ1) is 15.7. The third-order valence-electron chi connectivity index (χ3n) is 4.63. The second-order valence-electron chi connectivity index (χ2n) is 6.94. The van der Waals surface area contributed by atoms with E-state index >= 15 is 0 Å². The topological polar surface area (TPSA) is 92.8 Å². The van der Waals surface area contributed by atoms with Crippen LogP contribution in [0.4, 0.5) is 5.69 Å². The first kappa shape index (κ1) is 24.7. The molecule has 0 heterocycles. The van der Waals surface area contributed by atoms with Crippen LogP contribution < -0.4 is 5.32 Å². The monoisotopic (exact) mass is 506 g/mol. The third-order valence-corrected chi connectivity index (χ3v) is 6.92. The maximum absolute atomic E-state index is 13.3. The Morgan fingerprint density at radius 2 is 1.64 bits per heavy atom. The summed E-state index contributed by atoms with van der Waals surface area (Å²) in [6, 6.07) is 18.6. The lowest BCUT2D eigenvalue weighted by atomic mass is 10.2. The molecule has 0 aromatic heterocycles. The van der Waals surface area contributed by atoms with Crippen LogP contribution >= 0.6 is 23.2 Å². The Kier molecular flexibility index (Phi) is 8.10. The Hall–Kier alpha value is -2.91. The normalized spacial score (nSPS) is 11.3. The first-order valence-electron chi connectivity index (χ1n) is 9.68. The molecule has 3 aromatic rings. The summed E-state index contributed by atoms with van der Waals surface area (Å²) in [5.74, 6) is -1.26. The number of halogens is 2. The van der Waals surface area contributed by atoms with Gasteiger partial charge in [0.25, 0.3) is 0 Å². The van der Waals surface area contributed by atoms with Gasteiger partial charge >= 0.3 is 5.97 Å². The Morgan fingerprint density at radius 1 is 0.939 bits per heavy atom. The lowest BCUT2D eigenvalue weighted by Crippen LogP contribution is -2.37. The number of hydrogen-bond donors (Lipinski definition) is 1. The van der Waals surface area contributed by atoms with Gasteiger partial charge in [-0.1, -0.05) is 47.5 Å². The van der Waals surface area contributed by atoms with E-state index in [1.807, 2.05) is 0 Å². The average Bonchev–Trinajstić information content (AvgIpc) is 2.79. The molecule has 172 valence electrons. The first-order valence-corrected chi connectivity index (χ1v) is 11.9. The Bertz CT molecular complexity index is 1260. The number of sulfonamides is 1. The summed E-state index contributed by atoms with van der Waals surface area (Å²) in [4.78, 5) is 24.8. The minimum absolute atomic E-state index is 0.0170. The van der Waals surface area contributed by atoms with Crippen molar-refractivity contribution in [2.75, 3.05) is 19.0 Å². The van der Waals surface area contributed by atoms with Crippen LogP contribution in [0.1, 0.15) is 15.9 Å². The van der Waals surface area contributed by atoms with Crippen molar-refractivity contribution < 1.29 is 22.7 Å². The number of nitrogens with zero attached hydrogens (tertiary/aromatic N) is 1. The smallest absolute Gasteiger partial charge is 0.339 e. The summed E-state index contributed by atoms with van der Waals surface area (Å²) in [6.45, 7) is -0.607. The third kappa shape index (κ3) is 6.33. The zero-order chi connectivity index (χ0) is 24.0. The van der Waals surface area contributed by atoms with Crippen molar-refractivity contribution >= 4 is 50.8 Å². The van der Waals surface area contributed by atoms with Crippen LogP contribution in [0.15, 0.2) is 77.7 Å². The fraction of sp³-hybridized carbons (Fsp3) is 0.130. The predicted octanol–water partition coefficient (Wildman–Crippen LogP) is 4.61. The summed E-state index contributed by atoms with van der Waals surface area (Å²) >= 11 is 11.9. The molecule has 0 bridgehead atoms. The van der Waals surface area contributed by atoms with Crippen LogP contribution in [0.5, 0.6) is 0 Å². The van der Waals surface area contributed by atoms with Crippen molar-refractivity contribution in [3.63, 3.8) is 0 Å². The van der Waals surface area contributed by atoms with Crippen LogP contribution in [-0.2, 0) is 26.1 Å². The molecular weight excluding hydrogens is 487 g/mol. The maximum Gasteiger partial charge on any atom is 0.339 e. The largest absolute Gasteiger partial charge is 0.465 e. The van der Waals surface area contributed by atoms with Gasteiger partial charge < -0.3 is 10.1 Å². The zero-order valence-corrected chi connectivity index (χ0v) is 19.8. The van der Waals surface area contributed by atoms with Gasteiger partial charge in [-0.2, -0.15) is 4.31 Å². The van der Waals surface area contributed by atoms with Gasteiger partial charge in [0.15, 0.2) is 0 Å². The van der Waals surface area contributed by atoms with Gasteiger partial charge in [0.05, 0.1) is 29.8 Å². The lowest BCUT2D eigenvalue weighted by Gasteiger charge is -2.22. The second kappa shape index (κ2) is 10.8. The SMILES string of the molecule is COC(=O)c1ccccc1NC(=O)CN(Cc1cccc(Cl)c1)S(=O)(=O)c1ccc(Cl)cc1. The molecule has 0 aliphatic heterocycles. The van der Waals surface area contributed by atoms with Crippen LogP contribution in [-0.4, -0.2) is 38.3 Å². The number of ether oxygens (including phenoxy) is 1. The molecule has 0 spiro atoms. The molecule has 0 saturated heterocycles. The van der Waals surface area contributed by atoms with Crippen molar-refractivity contribution in [1.82, 2.24) is 4.31 Å². The molecule has 33 heavy (non-hydrogen) atoms. The number of nitrogens with one attached hydrogen (secondary N) is 1. The van der Waals surface area contributed by atoms with Crippen LogP contribution in [0.3, 0.4) is 0 Å².